The molecule has 0 aliphatic rings. The highest BCUT2D eigenvalue weighted by Crippen LogP contribution is 2.08. The summed E-state index contributed by atoms with van der Waals surface area (Å²) in [5.74, 6) is 1.70. The van der Waals surface area contributed by atoms with E-state index in [4.69, 9.17) is 4.42 Å². The van der Waals surface area contributed by atoms with Gasteiger partial charge in [-0.2, -0.15) is 0 Å². The molecular weight excluding hydrogens is 228 g/mol. The van der Waals surface area contributed by atoms with Gasteiger partial charge in [0.15, 0.2) is 0 Å². The van der Waals surface area contributed by atoms with Gasteiger partial charge in [0.05, 0.1) is 13.1 Å². The van der Waals surface area contributed by atoms with Crippen LogP contribution in [0.3, 0.4) is 0 Å². The van der Waals surface area contributed by atoms with Gasteiger partial charge in [-0.25, -0.2) is 0 Å². The fraction of sp³-hybridized carbons (Fsp3) is 0.357. The number of hydrogen-bond donors (Lipinski definition) is 1. The highest BCUT2D eigenvalue weighted by Gasteiger charge is 2.03. The number of pyridine rings is 1. The number of aromatic nitrogens is 1. The minimum atomic E-state index is -0.000340. The van der Waals surface area contributed by atoms with Crippen molar-refractivity contribution in [3.05, 3.63) is 57.9 Å². The summed E-state index contributed by atoms with van der Waals surface area (Å²) in [5.41, 5.74) is 0.975. The largest absolute Gasteiger partial charge is 0.463 e. The minimum Gasteiger partial charge on any atom is -0.463 e. The second-order valence-electron chi connectivity index (χ2n) is 4.32. The number of nitrogens with one attached hydrogen (secondary N) is 1. The summed E-state index contributed by atoms with van der Waals surface area (Å²) in [6, 6.07) is 7.41. The Labute approximate surface area is 106 Å². The van der Waals surface area contributed by atoms with Crippen molar-refractivity contribution in [2.45, 2.75) is 26.9 Å². The molecule has 4 nitrogen and oxygen atoms in total. The molecule has 2 heterocycles. The predicted molar refractivity (Wildman–Crippen MR) is 70.6 cm³/mol. The van der Waals surface area contributed by atoms with E-state index in [-0.39, 0.29) is 5.56 Å². The number of rotatable bonds is 5. The molecule has 2 aromatic heterocycles. The fourth-order valence-electron chi connectivity index (χ4n) is 1.76. The van der Waals surface area contributed by atoms with Gasteiger partial charge in [-0.05, 0) is 37.2 Å². The quantitative estimate of drug-likeness (QED) is 0.876. The average Bonchev–Trinajstić information content (AvgIpc) is 2.78. The van der Waals surface area contributed by atoms with Crippen molar-refractivity contribution in [2.75, 3.05) is 6.54 Å². The molecule has 4 heteroatoms. The summed E-state index contributed by atoms with van der Waals surface area (Å²) >= 11 is 0. The van der Waals surface area contributed by atoms with E-state index >= 15 is 0 Å². The maximum absolute atomic E-state index is 11.7. The fourth-order valence-corrected chi connectivity index (χ4v) is 1.76. The van der Waals surface area contributed by atoms with Crippen LogP contribution in [-0.4, -0.2) is 11.1 Å². The zero-order valence-corrected chi connectivity index (χ0v) is 10.8. The smallest absolute Gasteiger partial charge is 0.251 e. The third kappa shape index (κ3) is 3.11. The van der Waals surface area contributed by atoms with Crippen molar-refractivity contribution in [1.29, 1.82) is 0 Å². The average molecular weight is 246 g/mol. The monoisotopic (exact) mass is 246 g/mol. The van der Waals surface area contributed by atoms with Crippen molar-refractivity contribution >= 4 is 0 Å². The molecule has 0 spiro atoms. The maximum atomic E-state index is 11.7. The second kappa shape index (κ2) is 5.69. The molecular formula is C14H18N2O2. The van der Waals surface area contributed by atoms with Crippen molar-refractivity contribution in [1.82, 2.24) is 9.88 Å². The van der Waals surface area contributed by atoms with E-state index in [0.717, 1.165) is 30.2 Å². The van der Waals surface area contributed by atoms with Crippen molar-refractivity contribution in [2.24, 2.45) is 0 Å². The summed E-state index contributed by atoms with van der Waals surface area (Å²) in [6.07, 6.45) is 1.80. The van der Waals surface area contributed by atoms with E-state index in [1.165, 1.54) is 0 Å². The summed E-state index contributed by atoms with van der Waals surface area (Å²) in [7, 11) is 0. The van der Waals surface area contributed by atoms with E-state index < -0.39 is 0 Å². The van der Waals surface area contributed by atoms with E-state index in [1.807, 2.05) is 25.1 Å². The SMILES string of the molecule is CCNCc1ccc(Cn2ccc(C)cc2=O)o1. The van der Waals surface area contributed by atoms with Gasteiger partial charge < -0.3 is 14.3 Å². The predicted octanol–water partition coefficient (Wildman–Crippen LogP) is 1.91. The first kappa shape index (κ1) is 12.6. The molecule has 0 saturated heterocycles. The lowest BCUT2D eigenvalue weighted by atomic mass is 10.3. The Morgan fingerprint density at radius 3 is 2.78 bits per heavy atom. The van der Waals surface area contributed by atoms with Crippen LogP contribution < -0.4 is 10.9 Å². The molecule has 0 aliphatic carbocycles. The Balaban J connectivity index is 2.09. The number of hydrogen-bond acceptors (Lipinski definition) is 3. The van der Waals surface area contributed by atoms with E-state index in [9.17, 15) is 4.79 Å². The van der Waals surface area contributed by atoms with Crippen LogP contribution in [0.4, 0.5) is 0 Å². The van der Waals surface area contributed by atoms with Crippen molar-refractivity contribution in [3.8, 4) is 0 Å². The van der Waals surface area contributed by atoms with Crippen LogP contribution in [0, 0.1) is 6.92 Å². The van der Waals surface area contributed by atoms with Crippen molar-refractivity contribution in [3.63, 3.8) is 0 Å². The summed E-state index contributed by atoms with van der Waals surface area (Å²) in [4.78, 5) is 11.7. The van der Waals surface area contributed by atoms with Crippen LogP contribution in [-0.2, 0) is 13.1 Å². The third-order valence-corrected chi connectivity index (χ3v) is 2.74. The molecule has 0 atom stereocenters. The normalized spacial score (nSPS) is 10.8. The third-order valence-electron chi connectivity index (χ3n) is 2.74. The maximum Gasteiger partial charge on any atom is 0.251 e. The first-order valence-corrected chi connectivity index (χ1v) is 6.14. The van der Waals surface area contributed by atoms with E-state index in [0.29, 0.717) is 6.54 Å². The molecule has 1 N–H and O–H groups in total. The zero-order chi connectivity index (χ0) is 13.0. The molecule has 2 aromatic rings. The van der Waals surface area contributed by atoms with Gasteiger partial charge in [0, 0.05) is 12.3 Å². The molecule has 18 heavy (non-hydrogen) atoms. The van der Waals surface area contributed by atoms with Gasteiger partial charge in [0.2, 0.25) is 0 Å². The van der Waals surface area contributed by atoms with Gasteiger partial charge in [0.1, 0.15) is 11.5 Å². The molecule has 0 unspecified atom stereocenters. The molecule has 0 fully saturated rings. The Kier molecular flexibility index (Phi) is 3.99. The van der Waals surface area contributed by atoms with Crippen LogP contribution in [0.15, 0.2) is 39.7 Å². The molecule has 0 bridgehead atoms. The molecule has 2 rings (SSSR count). The van der Waals surface area contributed by atoms with Crippen LogP contribution in [0.2, 0.25) is 0 Å². The van der Waals surface area contributed by atoms with Gasteiger partial charge in [-0.3, -0.25) is 4.79 Å². The topological polar surface area (TPSA) is 47.2 Å². The molecule has 0 aromatic carbocycles. The highest BCUT2D eigenvalue weighted by molar-refractivity contribution is 5.11. The molecule has 0 aliphatic heterocycles. The van der Waals surface area contributed by atoms with Gasteiger partial charge in [-0.1, -0.05) is 6.92 Å². The Morgan fingerprint density at radius 2 is 2.06 bits per heavy atom. The molecule has 0 amide bonds. The summed E-state index contributed by atoms with van der Waals surface area (Å²) in [6.45, 7) is 6.07. The van der Waals surface area contributed by atoms with E-state index in [1.54, 1.807) is 16.8 Å². The Morgan fingerprint density at radius 1 is 1.28 bits per heavy atom. The van der Waals surface area contributed by atoms with Crippen LogP contribution in [0.25, 0.3) is 0 Å². The first-order chi connectivity index (χ1) is 8.69. The number of furan rings is 1. The highest BCUT2D eigenvalue weighted by atomic mass is 16.3. The minimum absolute atomic E-state index is 0.000340. The van der Waals surface area contributed by atoms with Crippen LogP contribution in [0.5, 0.6) is 0 Å². The lowest BCUT2D eigenvalue weighted by Crippen LogP contribution is -2.18. The lowest BCUT2D eigenvalue weighted by molar-refractivity contribution is 0.438. The van der Waals surface area contributed by atoms with Gasteiger partial charge in [0.25, 0.3) is 5.56 Å². The Bertz CT molecular complexity index is 569. The number of aryl methyl sites for hydroxylation is 1. The van der Waals surface area contributed by atoms with E-state index in [2.05, 4.69) is 12.2 Å². The van der Waals surface area contributed by atoms with Gasteiger partial charge in [-0.15, -0.1) is 0 Å². The number of nitrogens with zero attached hydrogens (tertiary/aromatic N) is 1. The standard InChI is InChI=1S/C14H18N2O2/c1-3-15-9-12-4-5-13(18-12)10-16-7-6-11(2)8-14(16)17/h4-8,15H,3,9-10H2,1-2H3. The summed E-state index contributed by atoms with van der Waals surface area (Å²) in [5, 5.41) is 3.20. The summed E-state index contributed by atoms with van der Waals surface area (Å²) < 4.78 is 7.29. The van der Waals surface area contributed by atoms with Gasteiger partial charge >= 0.3 is 0 Å². The first-order valence-electron chi connectivity index (χ1n) is 6.14. The molecule has 0 radical (unpaired) electrons. The second-order valence-corrected chi connectivity index (χ2v) is 4.32. The Hall–Kier alpha value is -1.81. The molecule has 96 valence electrons. The van der Waals surface area contributed by atoms with Crippen LogP contribution >= 0.6 is 0 Å². The van der Waals surface area contributed by atoms with Crippen molar-refractivity contribution < 1.29 is 4.42 Å². The molecule has 0 saturated carbocycles. The lowest BCUT2D eigenvalue weighted by Gasteiger charge is -2.03. The van der Waals surface area contributed by atoms with Crippen LogP contribution in [0.1, 0.15) is 24.0 Å². The zero-order valence-electron chi connectivity index (χ0n) is 10.8.